The smallest absolute Gasteiger partial charge is 0.233 e. The van der Waals surface area contributed by atoms with Crippen molar-refractivity contribution in [3.05, 3.63) is 131 Å². The largest absolute Gasteiger partial charge is 0.493 e. The molecule has 2 aliphatic rings. The number of aryl methyl sites for hydroxylation is 3. The molecule has 3 N–H and O–H groups in total. The summed E-state index contributed by atoms with van der Waals surface area (Å²) in [5.41, 5.74) is 10.9. The first-order chi connectivity index (χ1) is 26.5. The van der Waals surface area contributed by atoms with Gasteiger partial charge in [0.15, 0.2) is 0 Å². The minimum Gasteiger partial charge on any atom is -0.493 e. The number of piperazine rings is 1. The maximum atomic E-state index is 6.27. The third-order valence-electron chi connectivity index (χ3n) is 9.65. The molecular weight excluding hydrogens is 677 g/mol. The number of nitrogens with zero attached hydrogens (tertiary/aromatic N) is 8. The van der Waals surface area contributed by atoms with Crippen LogP contribution in [0.3, 0.4) is 0 Å². The van der Waals surface area contributed by atoms with Gasteiger partial charge in [-0.25, -0.2) is 4.98 Å². The van der Waals surface area contributed by atoms with Crippen LogP contribution in [0.25, 0.3) is 0 Å². The van der Waals surface area contributed by atoms with Crippen LogP contribution in [0.15, 0.2) is 103 Å². The Hall–Kier alpha value is -6.30. The molecule has 1 unspecified atom stereocenters. The molecule has 2 aromatic heterocycles. The summed E-state index contributed by atoms with van der Waals surface area (Å²) in [5.74, 6) is 5.93. The van der Waals surface area contributed by atoms with Crippen molar-refractivity contribution in [1.82, 2.24) is 29.9 Å². The highest BCUT2D eigenvalue weighted by Crippen LogP contribution is 2.28. The van der Waals surface area contributed by atoms with E-state index in [9.17, 15) is 0 Å². The summed E-state index contributed by atoms with van der Waals surface area (Å²) in [7, 11) is 0. The van der Waals surface area contributed by atoms with E-state index in [0.29, 0.717) is 31.5 Å². The maximum absolute atomic E-state index is 6.27. The molecule has 54 heavy (non-hydrogen) atoms. The second-order valence-electron chi connectivity index (χ2n) is 13.6. The van der Waals surface area contributed by atoms with Crippen LogP contribution in [0.2, 0.25) is 0 Å². The lowest BCUT2D eigenvalue weighted by atomic mass is 10.0. The zero-order chi connectivity index (χ0) is 36.7. The van der Waals surface area contributed by atoms with Gasteiger partial charge in [0.2, 0.25) is 23.8 Å². The quantitative estimate of drug-likeness (QED) is 0.130. The minimum atomic E-state index is 0.0362. The highest BCUT2D eigenvalue weighted by atomic mass is 16.5. The number of hydrogen-bond acceptors (Lipinski definition) is 12. The molecule has 274 valence electrons. The Bertz CT molecular complexity index is 2170. The first-order valence-corrected chi connectivity index (χ1v) is 18.7. The Kier molecular flexibility index (Phi) is 10.4. The minimum absolute atomic E-state index is 0.0362. The van der Waals surface area contributed by atoms with Crippen molar-refractivity contribution in [3.63, 3.8) is 0 Å². The van der Waals surface area contributed by atoms with Crippen LogP contribution >= 0.6 is 0 Å². The van der Waals surface area contributed by atoms with E-state index in [2.05, 4.69) is 74.5 Å². The first kappa shape index (κ1) is 34.8. The summed E-state index contributed by atoms with van der Waals surface area (Å²) < 4.78 is 11.7. The van der Waals surface area contributed by atoms with Crippen molar-refractivity contribution in [2.75, 3.05) is 47.1 Å². The SMILES string of the molecule is CCCc1nc(CCc2ccc3c(c2)CCO3)nc(N2CCN(c3nc(N)nc(Nc4ccc(Oc5ccccc5)cc4)n3)CC2Cc2ccccc2)n1. The van der Waals surface area contributed by atoms with E-state index in [4.69, 9.17) is 35.1 Å². The standard InChI is InChI=1S/C42H44N10O2/c1-2-9-37-45-38(21-15-30-14-20-36-31(26-30)22-25-53-36)47-42(46-37)52-24-23-51(28-33(52)27-29-10-5-3-6-11-29)41-49-39(43)48-40(50-41)44-32-16-18-35(19-17-32)54-34-12-7-4-8-13-34/h3-8,10-14,16-20,26,33H,2,9,15,21-25,27-28H2,1H3,(H3,43,44,48,49,50). The number of rotatable bonds is 13. The number of nitrogen functional groups attached to an aromatic ring is 1. The molecule has 0 saturated carbocycles. The van der Waals surface area contributed by atoms with E-state index in [1.807, 2.05) is 60.7 Å². The van der Waals surface area contributed by atoms with Gasteiger partial charge >= 0.3 is 0 Å². The fourth-order valence-corrected chi connectivity index (χ4v) is 6.98. The van der Waals surface area contributed by atoms with Gasteiger partial charge in [-0.2, -0.15) is 24.9 Å². The van der Waals surface area contributed by atoms with Crippen LogP contribution in [0.4, 0.5) is 29.5 Å². The number of anilines is 5. The molecule has 8 rings (SSSR count). The molecule has 1 atom stereocenters. The predicted molar refractivity (Wildman–Crippen MR) is 211 cm³/mol. The fourth-order valence-electron chi connectivity index (χ4n) is 6.98. The lowest BCUT2D eigenvalue weighted by Crippen LogP contribution is -2.55. The Morgan fingerprint density at radius 2 is 1.50 bits per heavy atom. The molecule has 12 heteroatoms. The third-order valence-corrected chi connectivity index (χ3v) is 9.65. The van der Waals surface area contributed by atoms with E-state index >= 15 is 0 Å². The molecule has 6 aromatic rings. The Morgan fingerprint density at radius 1 is 0.741 bits per heavy atom. The topological polar surface area (TPSA) is 140 Å². The number of fused-ring (bicyclic) bond motifs is 1. The average molecular weight is 721 g/mol. The van der Waals surface area contributed by atoms with Gasteiger partial charge in [0.05, 0.1) is 12.6 Å². The van der Waals surface area contributed by atoms with Crippen LogP contribution in [0.1, 0.15) is 41.7 Å². The molecule has 0 aliphatic carbocycles. The van der Waals surface area contributed by atoms with Gasteiger partial charge in [0, 0.05) is 44.6 Å². The van der Waals surface area contributed by atoms with Gasteiger partial charge < -0.3 is 30.3 Å². The zero-order valence-corrected chi connectivity index (χ0v) is 30.4. The van der Waals surface area contributed by atoms with Gasteiger partial charge in [-0.1, -0.05) is 67.6 Å². The molecule has 4 aromatic carbocycles. The predicted octanol–water partition coefficient (Wildman–Crippen LogP) is 6.79. The lowest BCUT2D eigenvalue weighted by Gasteiger charge is -2.41. The second kappa shape index (κ2) is 16.2. The van der Waals surface area contributed by atoms with Crippen LogP contribution < -0.4 is 30.3 Å². The highest BCUT2D eigenvalue weighted by molar-refractivity contribution is 5.57. The molecular formula is C42H44N10O2. The molecule has 0 radical (unpaired) electrons. The van der Waals surface area contributed by atoms with Gasteiger partial charge in [-0.05, 0) is 78.4 Å². The number of aromatic nitrogens is 6. The van der Waals surface area contributed by atoms with Crippen molar-refractivity contribution in [3.8, 4) is 17.2 Å². The van der Waals surface area contributed by atoms with Crippen molar-refractivity contribution < 1.29 is 9.47 Å². The van der Waals surface area contributed by atoms with Crippen molar-refractivity contribution >= 4 is 29.5 Å². The Labute approximate surface area is 315 Å². The molecule has 0 bridgehead atoms. The van der Waals surface area contributed by atoms with E-state index in [1.54, 1.807) is 0 Å². The second-order valence-corrected chi connectivity index (χ2v) is 13.6. The number of para-hydroxylation sites is 1. The average Bonchev–Trinajstić information content (AvgIpc) is 3.67. The van der Waals surface area contributed by atoms with Crippen LogP contribution in [0.5, 0.6) is 17.2 Å². The summed E-state index contributed by atoms with van der Waals surface area (Å²) in [6.45, 7) is 4.89. The number of hydrogen-bond donors (Lipinski definition) is 2. The first-order valence-electron chi connectivity index (χ1n) is 18.7. The summed E-state index contributed by atoms with van der Waals surface area (Å²) in [4.78, 5) is 33.4. The summed E-state index contributed by atoms with van der Waals surface area (Å²) >= 11 is 0. The highest BCUT2D eigenvalue weighted by Gasteiger charge is 2.31. The van der Waals surface area contributed by atoms with Crippen LogP contribution in [-0.2, 0) is 32.1 Å². The lowest BCUT2D eigenvalue weighted by molar-refractivity contribution is 0.357. The molecule has 1 fully saturated rings. The Morgan fingerprint density at radius 3 is 2.30 bits per heavy atom. The van der Waals surface area contributed by atoms with Crippen LogP contribution in [0, 0.1) is 0 Å². The zero-order valence-electron chi connectivity index (χ0n) is 30.4. The number of ether oxygens (including phenoxy) is 2. The number of nitrogens with two attached hydrogens (primary N) is 1. The summed E-state index contributed by atoms with van der Waals surface area (Å²) in [5, 5.41) is 3.29. The molecule has 4 heterocycles. The number of nitrogens with one attached hydrogen (secondary N) is 1. The van der Waals surface area contributed by atoms with Gasteiger partial charge in [-0.15, -0.1) is 0 Å². The number of benzene rings is 4. The van der Waals surface area contributed by atoms with E-state index < -0.39 is 0 Å². The molecule has 2 aliphatic heterocycles. The normalized spacial score (nSPS) is 15.1. The van der Waals surface area contributed by atoms with Crippen LogP contribution in [-0.4, -0.2) is 62.2 Å². The summed E-state index contributed by atoms with van der Waals surface area (Å²) in [6, 6.07) is 34.4. The van der Waals surface area contributed by atoms with Gasteiger partial charge in [0.1, 0.15) is 28.9 Å². The van der Waals surface area contributed by atoms with Crippen molar-refractivity contribution in [2.24, 2.45) is 0 Å². The fraction of sp³-hybridized carbons (Fsp3) is 0.286. The van der Waals surface area contributed by atoms with Crippen molar-refractivity contribution in [2.45, 2.75) is 51.5 Å². The molecule has 0 spiro atoms. The maximum Gasteiger partial charge on any atom is 0.233 e. The van der Waals surface area contributed by atoms with E-state index in [1.165, 1.54) is 16.7 Å². The molecule has 0 amide bonds. The monoisotopic (exact) mass is 720 g/mol. The summed E-state index contributed by atoms with van der Waals surface area (Å²) in [6.07, 6.45) is 5.09. The third kappa shape index (κ3) is 8.49. The van der Waals surface area contributed by atoms with Gasteiger partial charge in [0.25, 0.3) is 0 Å². The van der Waals surface area contributed by atoms with Gasteiger partial charge in [-0.3, -0.25) is 0 Å². The molecule has 1 saturated heterocycles. The van der Waals surface area contributed by atoms with E-state index in [-0.39, 0.29) is 12.0 Å². The van der Waals surface area contributed by atoms with Crippen molar-refractivity contribution in [1.29, 1.82) is 0 Å². The van der Waals surface area contributed by atoms with E-state index in [0.717, 1.165) is 85.7 Å². The molecule has 12 nitrogen and oxygen atoms in total. The Balaban J connectivity index is 1.01.